The molecular weight excluding hydrogens is 1320 g/mol. The predicted octanol–water partition coefficient (Wildman–Crippen LogP) is 13.6. The molecule has 0 bridgehead atoms. The van der Waals surface area contributed by atoms with E-state index in [1.807, 2.05) is 47.0 Å². The average Bonchev–Trinajstić information content (AvgIpc) is 1.22. The number of fused-ring (bicyclic) bond motifs is 4. The van der Waals surface area contributed by atoms with E-state index in [0.29, 0.717) is 23.5 Å². The number of ether oxygens (including phenoxy) is 1. The van der Waals surface area contributed by atoms with Crippen LogP contribution in [0.5, 0.6) is 11.5 Å². The molecule has 442 valence electrons. The zero-order valence-electron chi connectivity index (χ0n) is 84.9. The SMILES string of the molecule is [2H]c1c([2H])c([2H])c([Si](c2cc(C([2H])([2H])[2H])cc(-c3c([2H])c([2H])c([2H])c([Si](c4c([2H])c([2H])c([2H])c([2H])c4[2H])(c4c([2H])c([2H])c([2H])c([2H])c4[2H])c4c([2H])c([2H])c([2H])c([2H])c4[2H])c3[2H])c2-[n+]2[c-]n(-c3[c-]c(Oc4[c-]c5c(cc4)c4ccccc4n5-c4cc(C(C)(C)C)ccn4)ccc3)c3ccccc32)(c2c([2H])c([2H])c([2H])c([2H])c2[2H])c2c([2H])c([2H])c([2H])c([2H])c2[2H])c([2H])c1[2H].[Pt]. The van der Waals surface area contributed by atoms with Crippen molar-refractivity contribution in [2.45, 2.75) is 33.0 Å². The largest absolute Gasteiger partial charge is 0.510 e. The average molecular weight is 1420 g/mol. The van der Waals surface area contributed by atoms with Crippen LogP contribution >= 0.6 is 0 Å². The molecule has 5 nitrogen and oxygen atoms in total. The summed E-state index contributed by atoms with van der Waals surface area (Å²) in [4.78, 5) is 4.79. The van der Waals surface area contributed by atoms with Crippen LogP contribution in [0.2, 0.25) is 0 Å². The van der Waals surface area contributed by atoms with Gasteiger partial charge in [-0.25, -0.2) is 4.98 Å². The maximum absolute atomic E-state index is 11.3. The third-order valence-electron chi connectivity index (χ3n) is 15.4. The molecular formula is C83H64N4OPtSi2-2. The topological polar surface area (TPSA) is 35.9 Å². The van der Waals surface area contributed by atoms with Crippen LogP contribution < -0.4 is 50.8 Å². The van der Waals surface area contributed by atoms with E-state index in [-0.39, 0.29) is 54.7 Å². The summed E-state index contributed by atoms with van der Waals surface area (Å²) in [5, 5.41) is -8.58. The number of nitrogens with zero attached hydrogens (tertiary/aromatic N) is 4. The number of benzene rings is 12. The molecule has 0 unspecified atom stereocenters. The van der Waals surface area contributed by atoms with Crippen molar-refractivity contribution in [2.75, 3.05) is 0 Å². The number of aromatic nitrogens is 4. The van der Waals surface area contributed by atoms with Crippen molar-refractivity contribution in [1.82, 2.24) is 14.1 Å². The quantitative estimate of drug-likeness (QED) is 0.0471. The van der Waals surface area contributed by atoms with Crippen LogP contribution in [-0.4, -0.2) is 30.3 Å². The Morgan fingerprint density at radius 2 is 1.04 bits per heavy atom. The fourth-order valence-corrected chi connectivity index (χ4v) is 19.1. The summed E-state index contributed by atoms with van der Waals surface area (Å²) < 4.78 is 371. The zero-order valence-corrected chi connectivity index (χ0v) is 52.2. The van der Waals surface area contributed by atoms with E-state index in [9.17, 15) is 42.5 Å². The van der Waals surface area contributed by atoms with Gasteiger partial charge in [-0.3, -0.25) is 4.57 Å². The van der Waals surface area contributed by atoms with E-state index in [4.69, 9.17) is 17.9 Å². The Labute approximate surface area is 601 Å². The van der Waals surface area contributed by atoms with E-state index in [0.717, 1.165) is 26.4 Å². The molecule has 0 radical (unpaired) electrons. The van der Waals surface area contributed by atoms with Gasteiger partial charge in [0.25, 0.3) is 6.33 Å². The van der Waals surface area contributed by atoms with Crippen LogP contribution in [0, 0.1) is 25.3 Å². The first kappa shape index (κ1) is 30.2. The molecule has 3 aromatic heterocycles. The van der Waals surface area contributed by atoms with Crippen LogP contribution in [-0.2, 0) is 26.5 Å². The first-order valence-corrected chi connectivity index (χ1v) is 31.8. The van der Waals surface area contributed by atoms with Crippen LogP contribution in [0.4, 0.5) is 0 Å². The molecule has 12 aromatic carbocycles. The summed E-state index contributed by atoms with van der Waals surface area (Å²) in [6.07, 6.45) is 4.89. The Kier molecular flexibility index (Phi) is 8.10. The number of hydrogen-bond acceptors (Lipinski definition) is 2. The summed E-state index contributed by atoms with van der Waals surface area (Å²) >= 11 is 0. The van der Waals surface area contributed by atoms with Gasteiger partial charge >= 0.3 is 0 Å². The number of imidazole rings is 1. The van der Waals surface area contributed by atoms with E-state index in [1.165, 1.54) is 47.0 Å². The molecule has 0 N–H and O–H groups in total. The van der Waals surface area contributed by atoms with Crippen LogP contribution in [0.25, 0.3) is 61.2 Å². The predicted molar refractivity (Wildman–Crippen MR) is 376 cm³/mol. The summed E-state index contributed by atoms with van der Waals surface area (Å²) in [5.74, 6) is 0.621. The molecule has 0 aliphatic rings. The molecule has 91 heavy (non-hydrogen) atoms. The Balaban J connectivity index is 0.0000133. The standard InChI is InChI=1S/C83H64N4OSi2.Pt/c1-60-53-75(61-29-27-44-72(55-61)89(66-32-11-5-12-33-66,67-34-13-6-14-35-67)68-36-15-7-16-37-68)82(80(54-60)90(69-38-17-8-18-39-69,70-40-19-9-20-41-70)71-42-21-10-22-43-71)86-59-85(77-47-25-26-48-78(77)86)63-30-28-31-64(57-63)88-65-49-50-74-73-45-23-24-46-76(73)87(79(74)58-65)81-56-62(51-52-84-81)83(2,3)4;/h5-56H,1-4H3;/q-2;/i1D3,5D,6D,7D,8D,9D,10D,11D,12D,13D,14D,15D,16D,17D,18D,19D,20D,21D,22D,27D,29D,32D,33D,34D,35D,36D,37D,38D,39D,40D,41D,42D,43D,44D,55D;. The van der Waals surface area contributed by atoms with E-state index < -0.39 is 292 Å². The van der Waals surface area contributed by atoms with Crippen LogP contribution in [0.15, 0.2) is 315 Å². The smallest absolute Gasteiger partial charge is 0.268 e. The fraction of sp³-hybridized carbons (Fsp3) is 0.0602. The Morgan fingerprint density at radius 1 is 0.505 bits per heavy atom. The summed E-state index contributed by atoms with van der Waals surface area (Å²) in [6.45, 7) is 2.40. The van der Waals surface area contributed by atoms with Gasteiger partial charge in [0.15, 0.2) is 16.1 Å². The second-order valence-electron chi connectivity index (χ2n) is 21.5. The monoisotopic (exact) mass is 1420 g/mol. The van der Waals surface area contributed by atoms with Gasteiger partial charge in [0, 0.05) is 48.4 Å². The van der Waals surface area contributed by atoms with Crippen molar-refractivity contribution in [3.05, 3.63) is 344 Å². The first-order chi connectivity index (χ1) is 59.5. The van der Waals surface area contributed by atoms with Crippen molar-refractivity contribution in [3.8, 4) is 39.8 Å². The van der Waals surface area contributed by atoms with Gasteiger partial charge in [0.1, 0.15) is 5.82 Å². The minimum atomic E-state index is -6.93. The molecule has 3 heterocycles. The van der Waals surface area contributed by atoms with Crippen LogP contribution in [0.3, 0.4) is 0 Å². The molecule has 15 aromatic rings. The van der Waals surface area contributed by atoms with Crippen LogP contribution in [0.1, 0.15) is 82.6 Å². The van der Waals surface area contributed by atoms with Crippen molar-refractivity contribution in [1.29, 1.82) is 0 Å². The van der Waals surface area contributed by atoms with E-state index in [2.05, 4.69) is 39.2 Å². The molecule has 0 fully saturated rings. The summed E-state index contributed by atoms with van der Waals surface area (Å²) in [6, 6.07) is -12.7. The number of pyridine rings is 1. The van der Waals surface area contributed by atoms with E-state index >= 15 is 0 Å². The minimum absolute atomic E-state index is 0. The summed E-state index contributed by atoms with van der Waals surface area (Å²) in [7, 11) is -13.8. The van der Waals surface area contributed by atoms with Crippen molar-refractivity contribution < 1.29 is 81.1 Å². The third-order valence-corrected chi connectivity index (χ3v) is 23.6. The van der Waals surface area contributed by atoms with Gasteiger partial charge in [0.05, 0.1) is 63.3 Å². The summed E-state index contributed by atoms with van der Waals surface area (Å²) in [5.41, 5.74) is -2.85. The fourth-order valence-electron chi connectivity index (χ4n) is 11.5. The second-order valence-corrected chi connectivity index (χ2v) is 28.6. The first-order valence-electron chi connectivity index (χ1n) is 46.3. The maximum Gasteiger partial charge on any atom is 0.268 e. The maximum atomic E-state index is 11.3. The van der Waals surface area contributed by atoms with Crippen molar-refractivity contribution in [3.63, 3.8) is 0 Å². The minimum Gasteiger partial charge on any atom is -0.510 e. The Bertz CT molecular complexity index is 6860. The molecule has 15 rings (SSSR count). The van der Waals surface area contributed by atoms with Crippen molar-refractivity contribution in [2.24, 2.45) is 0 Å². The normalized spacial score (nSPS) is 17.7. The number of para-hydroxylation sites is 3. The third kappa shape index (κ3) is 10.3. The Hall–Kier alpha value is -10.0. The van der Waals surface area contributed by atoms with E-state index in [1.54, 1.807) is 12.3 Å². The van der Waals surface area contributed by atoms with Gasteiger partial charge in [-0.2, -0.15) is 18.2 Å². The van der Waals surface area contributed by atoms with Gasteiger partial charge in [-0.05, 0) is 99.7 Å². The zero-order chi connectivity index (χ0) is 92.9. The molecule has 0 saturated heterocycles. The molecule has 0 aliphatic carbocycles. The van der Waals surface area contributed by atoms with Gasteiger partial charge in [0.2, 0.25) is 0 Å². The van der Waals surface area contributed by atoms with Gasteiger partial charge in [-0.15, -0.1) is 29.7 Å². The van der Waals surface area contributed by atoms with Crippen molar-refractivity contribution >= 4 is 90.5 Å². The number of rotatable bonds is 14. The molecule has 8 heteroatoms. The molecule has 0 spiro atoms. The van der Waals surface area contributed by atoms with Gasteiger partial charge in [-0.1, -0.05) is 292 Å². The molecule has 0 aliphatic heterocycles. The molecule has 0 saturated carbocycles. The number of hydrogen-bond donors (Lipinski definition) is 0. The van der Waals surface area contributed by atoms with Gasteiger partial charge < -0.3 is 13.9 Å². The number of aryl methyl sites for hydroxylation is 1. The second kappa shape index (κ2) is 24.4. The Morgan fingerprint density at radius 3 is 1.63 bits per heavy atom. The molecule has 0 amide bonds. The molecule has 0 atom stereocenters.